The van der Waals surface area contributed by atoms with Crippen LogP contribution < -0.4 is 0 Å². The van der Waals surface area contributed by atoms with Crippen LogP contribution in [-0.4, -0.2) is 12.7 Å². The van der Waals surface area contributed by atoms with Gasteiger partial charge < -0.3 is 4.74 Å². The molecule has 52 valence electrons. The van der Waals surface area contributed by atoms with Crippen molar-refractivity contribution >= 4 is 0 Å². The van der Waals surface area contributed by atoms with Gasteiger partial charge in [0.05, 0.1) is 6.10 Å². The van der Waals surface area contributed by atoms with Crippen molar-refractivity contribution < 1.29 is 4.74 Å². The molecule has 1 aliphatic heterocycles. The van der Waals surface area contributed by atoms with Crippen LogP contribution >= 0.6 is 0 Å². The zero-order valence-electron chi connectivity index (χ0n) is 6.02. The molecule has 0 bridgehead atoms. The Kier molecular flexibility index (Phi) is 2.29. The van der Waals surface area contributed by atoms with Gasteiger partial charge in [-0.25, -0.2) is 0 Å². The van der Waals surface area contributed by atoms with E-state index in [1.807, 2.05) is 0 Å². The highest BCUT2D eigenvalue weighted by atomic mass is 16.5. The predicted octanol–water partition coefficient (Wildman–Crippen LogP) is 2.13. The van der Waals surface area contributed by atoms with Crippen LogP contribution in [0.25, 0.3) is 0 Å². The van der Waals surface area contributed by atoms with Crippen molar-refractivity contribution in [2.45, 2.75) is 32.3 Å². The summed E-state index contributed by atoms with van der Waals surface area (Å²) >= 11 is 0. The zero-order chi connectivity index (χ0) is 6.69. The largest absolute Gasteiger partial charge is 0.378 e. The van der Waals surface area contributed by atoms with Gasteiger partial charge in [0.25, 0.3) is 0 Å². The standard InChI is InChI=1S/C8H14O/c1-7(2)6-8-4-3-5-9-8/h8H,1,3-6H2,2H3. The number of hydrogen-bond acceptors (Lipinski definition) is 1. The van der Waals surface area contributed by atoms with Crippen LogP contribution in [-0.2, 0) is 4.74 Å². The van der Waals surface area contributed by atoms with E-state index >= 15 is 0 Å². The van der Waals surface area contributed by atoms with Gasteiger partial charge in [-0.1, -0.05) is 5.57 Å². The lowest BCUT2D eigenvalue weighted by molar-refractivity contribution is 0.111. The van der Waals surface area contributed by atoms with E-state index in [0.29, 0.717) is 6.10 Å². The third-order valence-electron chi connectivity index (χ3n) is 1.60. The molecule has 0 radical (unpaired) electrons. The molecule has 1 heteroatoms. The Morgan fingerprint density at radius 1 is 1.78 bits per heavy atom. The molecule has 0 aliphatic carbocycles. The predicted molar refractivity (Wildman–Crippen MR) is 38.4 cm³/mol. The second-order valence-corrected chi connectivity index (χ2v) is 2.80. The van der Waals surface area contributed by atoms with Crippen molar-refractivity contribution in [3.8, 4) is 0 Å². The average Bonchev–Trinajstić information content (AvgIpc) is 2.15. The van der Waals surface area contributed by atoms with E-state index in [-0.39, 0.29) is 0 Å². The SMILES string of the molecule is C=C(C)CC1CCCO1. The number of ether oxygens (including phenoxy) is 1. The second-order valence-electron chi connectivity index (χ2n) is 2.80. The highest BCUT2D eigenvalue weighted by Crippen LogP contribution is 2.17. The van der Waals surface area contributed by atoms with Crippen molar-refractivity contribution in [3.05, 3.63) is 12.2 Å². The summed E-state index contributed by atoms with van der Waals surface area (Å²) in [5.41, 5.74) is 1.24. The average molecular weight is 126 g/mol. The zero-order valence-corrected chi connectivity index (χ0v) is 6.02. The molecule has 1 heterocycles. The number of hydrogen-bond donors (Lipinski definition) is 0. The monoisotopic (exact) mass is 126 g/mol. The summed E-state index contributed by atoms with van der Waals surface area (Å²) in [6, 6.07) is 0. The first-order valence-corrected chi connectivity index (χ1v) is 3.55. The molecule has 0 saturated carbocycles. The van der Waals surface area contributed by atoms with E-state index in [1.54, 1.807) is 0 Å². The van der Waals surface area contributed by atoms with Gasteiger partial charge in [0.1, 0.15) is 0 Å². The van der Waals surface area contributed by atoms with Crippen molar-refractivity contribution in [1.29, 1.82) is 0 Å². The summed E-state index contributed by atoms with van der Waals surface area (Å²) in [4.78, 5) is 0. The van der Waals surface area contributed by atoms with Crippen molar-refractivity contribution in [2.24, 2.45) is 0 Å². The molecule has 1 fully saturated rings. The van der Waals surface area contributed by atoms with E-state index < -0.39 is 0 Å². The summed E-state index contributed by atoms with van der Waals surface area (Å²) in [7, 11) is 0. The van der Waals surface area contributed by atoms with Crippen molar-refractivity contribution in [2.75, 3.05) is 6.61 Å². The quantitative estimate of drug-likeness (QED) is 0.515. The van der Waals surface area contributed by atoms with Gasteiger partial charge in [-0.05, 0) is 26.2 Å². The summed E-state index contributed by atoms with van der Waals surface area (Å²) < 4.78 is 5.40. The number of rotatable bonds is 2. The van der Waals surface area contributed by atoms with Crippen molar-refractivity contribution in [3.63, 3.8) is 0 Å². The molecule has 1 nitrogen and oxygen atoms in total. The summed E-state index contributed by atoms with van der Waals surface area (Å²) in [5.74, 6) is 0. The molecular formula is C8H14O. The molecule has 0 N–H and O–H groups in total. The molecule has 0 amide bonds. The Labute approximate surface area is 56.7 Å². The van der Waals surface area contributed by atoms with Crippen LogP contribution in [0, 0.1) is 0 Å². The Hall–Kier alpha value is -0.300. The first-order valence-electron chi connectivity index (χ1n) is 3.55. The Bertz CT molecular complexity index is 101. The van der Waals surface area contributed by atoms with Gasteiger partial charge in [-0.3, -0.25) is 0 Å². The highest BCUT2D eigenvalue weighted by molar-refractivity contribution is 4.91. The fraction of sp³-hybridized carbons (Fsp3) is 0.750. The third-order valence-corrected chi connectivity index (χ3v) is 1.60. The summed E-state index contributed by atoms with van der Waals surface area (Å²) in [6.45, 7) is 6.85. The molecule has 1 unspecified atom stereocenters. The van der Waals surface area contributed by atoms with E-state index in [9.17, 15) is 0 Å². The molecule has 1 saturated heterocycles. The van der Waals surface area contributed by atoms with Crippen LogP contribution in [0.2, 0.25) is 0 Å². The van der Waals surface area contributed by atoms with Gasteiger partial charge >= 0.3 is 0 Å². The molecule has 0 spiro atoms. The van der Waals surface area contributed by atoms with Crippen LogP contribution in [0.4, 0.5) is 0 Å². The molecule has 0 aromatic heterocycles. The molecule has 0 aromatic carbocycles. The minimum absolute atomic E-state index is 0.488. The van der Waals surface area contributed by atoms with E-state index in [0.717, 1.165) is 13.0 Å². The van der Waals surface area contributed by atoms with Crippen LogP contribution in [0.5, 0.6) is 0 Å². The first kappa shape index (κ1) is 6.81. The van der Waals surface area contributed by atoms with E-state index in [2.05, 4.69) is 13.5 Å². The minimum Gasteiger partial charge on any atom is -0.378 e. The Morgan fingerprint density at radius 2 is 2.56 bits per heavy atom. The smallest absolute Gasteiger partial charge is 0.0612 e. The normalized spacial score (nSPS) is 26.6. The van der Waals surface area contributed by atoms with Gasteiger partial charge in [-0.2, -0.15) is 0 Å². The fourth-order valence-electron chi connectivity index (χ4n) is 1.19. The second kappa shape index (κ2) is 3.02. The summed E-state index contributed by atoms with van der Waals surface area (Å²) in [5, 5.41) is 0. The minimum atomic E-state index is 0.488. The maximum Gasteiger partial charge on any atom is 0.0612 e. The van der Waals surface area contributed by atoms with Crippen LogP contribution in [0.1, 0.15) is 26.2 Å². The van der Waals surface area contributed by atoms with E-state index in [1.165, 1.54) is 18.4 Å². The summed E-state index contributed by atoms with van der Waals surface area (Å²) in [6.07, 6.45) is 4.01. The van der Waals surface area contributed by atoms with Gasteiger partial charge in [0.2, 0.25) is 0 Å². The molecule has 1 rings (SSSR count). The van der Waals surface area contributed by atoms with E-state index in [4.69, 9.17) is 4.74 Å². The topological polar surface area (TPSA) is 9.23 Å². The maximum absolute atomic E-state index is 5.40. The first-order chi connectivity index (χ1) is 4.29. The molecule has 1 aliphatic rings. The maximum atomic E-state index is 5.40. The lowest BCUT2D eigenvalue weighted by Crippen LogP contribution is -2.03. The van der Waals surface area contributed by atoms with Gasteiger partial charge in [0.15, 0.2) is 0 Å². The Morgan fingerprint density at radius 3 is 3.00 bits per heavy atom. The van der Waals surface area contributed by atoms with Crippen LogP contribution in [0.15, 0.2) is 12.2 Å². The van der Waals surface area contributed by atoms with Crippen molar-refractivity contribution in [1.82, 2.24) is 0 Å². The fourth-order valence-corrected chi connectivity index (χ4v) is 1.19. The van der Waals surface area contributed by atoms with Gasteiger partial charge in [-0.15, -0.1) is 6.58 Å². The lowest BCUT2D eigenvalue weighted by Gasteiger charge is -2.06. The molecule has 9 heavy (non-hydrogen) atoms. The molecule has 0 aromatic rings. The molecule has 1 atom stereocenters. The van der Waals surface area contributed by atoms with Crippen LogP contribution in [0.3, 0.4) is 0 Å². The Balaban J connectivity index is 2.19. The third kappa shape index (κ3) is 2.19. The highest BCUT2D eigenvalue weighted by Gasteiger charge is 2.14. The molecular weight excluding hydrogens is 112 g/mol. The van der Waals surface area contributed by atoms with Gasteiger partial charge in [0, 0.05) is 6.61 Å². The lowest BCUT2D eigenvalue weighted by atomic mass is 10.1.